The average Bonchev–Trinajstić information content (AvgIpc) is 2.45. The van der Waals surface area contributed by atoms with Crippen molar-refractivity contribution in [3.8, 4) is 0 Å². The number of benzene rings is 1. The fourth-order valence-corrected chi connectivity index (χ4v) is 13.3. The van der Waals surface area contributed by atoms with E-state index in [4.69, 9.17) is 0 Å². The lowest BCUT2D eigenvalue weighted by Gasteiger charge is -2.53. The van der Waals surface area contributed by atoms with Crippen LogP contribution >= 0.6 is 0 Å². The van der Waals surface area contributed by atoms with Crippen molar-refractivity contribution in [2.75, 3.05) is 0 Å². The van der Waals surface area contributed by atoms with Gasteiger partial charge in [-0.05, 0) is 26.3 Å². The molecule has 5 heteroatoms. The first-order valence-corrected chi connectivity index (χ1v) is 13.5. The lowest BCUT2D eigenvalue weighted by molar-refractivity contribution is 0.551. The predicted octanol–water partition coefficient (Wildman–Crippen LogP) is 5.77. The van der Waals surface area contributed by atoms with E-state index in [1.165, 1.54) is 5.19 Å². The first kappa shape index (κ1) is 22.5. The molecule has 0 aliphatic carbocycles. The molecule has 0 bridgehead atoms. The van der Waals surface area contributed by atoms with Gasteiger partial charge in [-0.1, -0.05) is 99.6 Å². The van der Waals surface area contributed by atoms with E-state index in [9.17, 15) is 0 Å². The summed E-state index contributed by atoms with van der Waals surface area (Å²) >= 11 is 0. The average molecular weight is 383 g/mol. The maximum Gasteiger partial charge on any atom is 0.337 e. The Labute approximate surface area is 157 Å². The van der Waals surface area contributed by atoms with Crippen molar-refractivity contribution in [1.29, 1.82) is 0 Å². The fourth-order valence-electron chi connectivity index (χ4n) is 4.27. The molecule has 0 heterocycles. The van der Waals surface area contributed by atoms with Crippen molar-refractivity contribution >= 4 is 22.0 Å². The summed E-state index contributed by atoms with van der Waals surface area (Å²) in [5.41, 5.74) is 0.0322. The van der Waals surface area contributed by atoms with Crippen LogP contribution in [0.4, 0.5) is 4.11 Å². The number of halogens is 1. The van der Waals surface area contributed by atoms with Gasteiger partial charge in [-0.2, -0.15) is 0 Å². The summed E-state index contributed by atoms with van der Waals surface area (Å²) in [5, 5.41) is 8.40. The standard InChI is InChI=1S/C20H39FN2Si2/c1-16(2)24(21,17(3)4)22-23-25(19(5,6)7,20(8,9)10)18-14-12-11-13-15-18/h11-17,22-23H,1-10H3. The van der Waals surface area contributed by atoms with Crippen LogP contribution in [0.25, 0.3) is 0 Å². The van der Waals surface area contributed by atoms with Gasteiger partial charge in [-0.15, -0.1) is 0 Å². The monoisotopic (exact) mass is 382 g/mol. The van der Waals surface area contributed by atoms with Crippen molar-refractivity contribution in [3.05, 3.63) is 30.3 Å². The Hall–Kier alpha value is -0.496. The SMILES string of the molecule is CC(C)[Si](F)(NN[Si](c1ccccc1)(C(C)(C)C)C(C)(C)C)C(C)C. The van der Waals surface area contributed by atoms with Crippen LogP contribution in [0.15, 0.2) is 30.3 Å². The minimum absolute atomic E-state index is 0.0161. The largest absolute Gasteiger partial charge is 0.337 e. The van der Waals surface area contributed by atoms with Gasteiger partial charge in [-0.3, -0.25) is 14.3 Å². The molecule has 144 valence electrons. The minimum Gasteiger partial charge on any atom is -0.291 e. The molecule has 0 unspecified atom stereocenters. The molecular formula is C20H39FN2Si2. The number of hydrazine groups is 1. The highest BCUT2D eigenvalue weighted by Gasteiger charge is 2.56. The zero-order valence-electron chi connectivity index (χ0n) is 17.9. The number of nitrogens with one attached hydrogen (secondary N) is 2. The quantitative estimate of drug-likeness (QED) is 0.371. The zero-order chi connectivity index (χ0) is 19.7. The van der Waals surface area contributed by atoms with Gasteiger partial charge in [0.2, 0.25) is 0 Å². The van der Waals surface area contributed by atoms with E-state index in [1.54, 1.807) is 0 Å². The van der Waals surface area contributed by atoms with E-state index < -0.39 is 16.8 Å². The third-order valence-electron chi connectivity index (χ3n) is 5.58. The van der Waals surface area contributed by atoms with Crippen LogP contribution in [0.2, 0.25) is 21.2 Å². The van der Waals surface area contributed by atoms with E-state index in [2.05, 4.69) is 82.1 Å². The fraction of sp³-hybridized carbons (Fsp3) is 0.700. The molecule has 1 aromatic rings. The first-order valence-electron chi connectivity index (χ1n) is 9.49. The van der Waals surface area contributed by atoms with Crippen LogP contribution in [0.3, 0.4) is 0 Å². The molecule has 0 aromatic heterocycles. The van der Waals surface area contributed by atoms with E-state index >= 15 is 4.11 Å². The van der Waals surface area contributed by atoms with Crippen LogP contribution < -0.4 is 15.4 Å². The lowest BCUT2D eigenvalue weighted by Crippen LogP contribution is -2.77. The summed E-state index contributed by atoms with van der Waals surface area (Å²) in [4.78, 5) is 0. The summed E-state index contributed by atoms with van der Waals surface area (Å²) in [5.74, 6) is 0. The summed E-state index contributed by atoms with van der Waals surface area (Å²) in [7, 11) is -5.47. The second kappa shape index (κ2) is 7.63. The topological polar surface area (TPSA) is 24.1 Å². The van der Waals surface area contributed by atoms with Crippen molar-refractivity contribution in [2.24, 2.45) is 0 Å². The molecule has 2 nitrogen and oxygen atoms in total. The van der Waals surface area contributed by atoms with Crippen LogP contribution in [-0.4, -0.2) is 16.8 Å². The molecular weight excluding hydrogens is 343 g/mol. The Morgan fingerprint density at radius 3 is 1.48 bits per heavy atom. The van der Waals surface area contributed by atoms with E-state index in [0.717, 1.165) is 0 Å². The number of hydrogen-bond donors (Lipinski definition) is 2. The van der Waals surface area contributed by atoms with Gasteiger partial charge in [0.15, 0.2) is 8.24 Å². The van der Waals surface area contributed by atoms with E-state index in [-0.39, 0.29) is 21.2 Å². The minimum atomic E-state index is -3.13. The van der Waals surface area contributed by atoms with Gasteiger partial charge in [0.05, 0.1) is 0 Å². The smallest absolute Gasteiger partial charge is 0.291 e. The van der Waals surface area contributed by atoms with Crippen molar-refractivity contribution in [2.45, 2.75) is 90.4 Å². The van der Waals surface area contributed by atoms with Gasteiger partial charge in [0, 0.05) is 0 Å². The molecule has 0 aliphatic heterocycles. The molecule has 0 fully saturated rings. The summed E-state index contributed by atoms with van der Waals surface area (Å²) in [6.07, 6.45) is 0. The molecule has 0 atom stereocenters. The molecule has 1 rings (SSSR count). The van der Waals surface area contributed by atoms with Crippen LogP contribution in [-0.2, 0) is 0 Å². The number of hydrogen-bond acceptors (Lipinski definition) is 2. The molecule has 0 aliphatic rings. The molecule has 2 N–H and O–H groups in total. The molecule has 1 aromatic carbocycles. The van der Waals surface area contributed by atoms with E-state index in [1.807, 2.05) is 27.7 Å². The van der Waals surface area contributed by atoms with Gasteiger partial charge >= 0.3 is 8.57 Å². The Kier molecular flexibility index (Phi) is 6.88. The summed E-state index contributed by atoms with van der Waals surface area (Å²) in [6.45, 7) is 21.7. The van der Waals surface area contributed by atoms with Gasteiger partial charge in [0.25, 0.3) is 0 Å². The van der Waals surface area contributed by atoms with Crippen molar-refractivity contribution < 1.29 is 4.11 Å². The van der Waals surface area contributed by atoms with Crippen LogP contribution in [0, 0.1) is 0 Å². The Morgan fingerprint density at radius 1 is 0.760 bits per heavy atom. The highest BCUT2D eigenvalue weighted by Crippen LogP contribution is 2.48. The summed E-state index contributed by atoms with van der Waals surface area (Å²) < 4.78 is 15.8. The predicted molar refractivity (Wildman–Crippen MR) is 115 cm³/mol. The Bertz CT molecular complexity index is 523. The number of rotatable bonds is 6. The molecule has 25 heavy (non-hydrogen) atoms. The van der Waals surface area contributed by atoms with Crippen LogP contribution in [0.5, 0.6) is 0 Å². The van der Waals surface area contributed by atoms with Crippen molar-refractivity contribution in [3.63, 3.8) is 0 Å². The Morgan fingerprint density at radius 2 is 1.16 bits per heavy atom. The van der Waals surface area contributed by atoms with Gasteiger partial charge < -0.3 is 0 Å². The first-order chi connectivity index (χ1) is 11.2. The molecule has 0 saturated heterocycles. The molecule has 0 amide bonds. The second-order valence-electron chi connectivity index (χ2n) is 9.94. The third kappa shape index (κ3) is 4.26. The van der Waals surface area contributed by atoms with Crippen molar-refractivity contribution in [1.82, 2.24) is 10.2 Å². The molecule has 0 saturated carbocycles. The maximum atomic E-state index is 15.8. The normalized spacial score (nSPS) is 14.4. The maximum absolute atomic E-state index is 15.8. The van der Waals surface area contributed by atoms with E-state index in [0.29, 0.717) is 0 Å². The van der Waals surface area contributed by atoms with Gasteiger partial charge in [-0.25, -0.2) is 0 Å². The highest BCUT2D eigenvalue weighted by atomic mass is 28.4. The molecule has 0 radical (unpaired) electrons. The summed E-state index contributed by atoms with van der Waals surface area (Å²) in [6, 6.07) is 10.7. The highest BCUT2D eigenvalue weighted by molar-refractivity contribution is 6.94. The second-order valence-corrected chi connectivity index (χ2v) is 19.4. The molecule has 0 spiro atoms. The Balaban J connectivity index is 3.48. The van der Waals surface area contributed by atoms with Crippen LogP contribution in [0.1, 0.15) is 69.2 Å². The zero-order valence-corrected chi connectivity index (χ0v) is 19.9. The third-order valence-corrected chi connectivity index (χ3v) is 15.9. The lowest BCUT2D eigenvalue weighted by atomic mass is 10.2. The van der Waals surface area contributed by atoms with Gasteiger partial charge in [0.1, 0.15) is 0 Å².